The lowest BCUT2D eigenvalue weighted by molar-refractivity contribution is 0.180. The van der Waals surface area contributed by atoms with Gasteiger partial charge in [0.2, 0.25) is 0 Å². The minimum atomic E-state index is 0.659. The molecule has 0 amide bonds. The van der Waals surface area contributed by atoms with E-state index in [9.17, 15) is 0 Å². The third-order valence-corrected chi connectivity index (χ3v) is 5.27. The molecule has 0 bridgehead atoms. The van der Waals surface area contributed by atoms with Crippen molar-refractivity contribution in [1.82, 2.24) is 10.1 Å². The van der Waals surface area contributed by atoms with Crippen molar-refractivity contribution in [3.63, 3.8) is 0 Å². The van der Waals surface area contributed by atoms with Crippen LogP contribution in [-0.4, -0.2) is 29.2 Å². The summed E-state index contributed by atoms with van der Waals surface area (Å²) in [5.41, 5.74) is 5.46. The molecule has 1 heterocycles. The van der Waals surface area contributed by atoms with Gasteiger partial charge >= 0.3 is 0 Å². The Bertz CT molecular complexity index is 656. The van der Waals surface area contributed by atoms with E-state index in [0.29, 0.717) is 6.04 Å². The molecule has 0 spiro atoms. The van der Waals surface area contributed by atoms with E-state index in [1.54, 1.807) is 0 Å². The molecule has 24 heavy (non-hydrogen) atoms. The molecule has 1 aromatic carbocycles. The first-order valence-corrected chi connectivity index (χ1v) is 9.57. The number of nitrogens with zero attached hydrogens (tertiary/aromatic N) is 2. The van der Waals surface area contributed by atoms with E-state index in [2.05, 4.69) is 49.0 Å². The zero-order chi connectivity index (χ0) is 16.9. The summed E-state index contributed by atoms with van der Waals surface area (Å²) in [7, 11) is 0. The summed E-state index contributed by atoms with van der Waals surface area (Å²) in [4.78, 5) is 2.70. The number of aryl methyl sites for hydroxylation is 2. The maximum absolute atomic E-state index is 5.63. The standard InChI is InChI=1S/C21H30N2O/c1-4-12-23(13-5-2)18-11-10-17-8-7-9-19(20(17)14-18)21-16(6-3)15-22-24-21/h7-9,15,18H,4-6,10-14H2,1-3H3. The van der Waals surface area contributed by atoms with E-state index in [0.717, 1.165) is 18.6 Å². The first-order valence-electron chi connectivity index (χ1n) is 9.57. The van der Waals surface area contributed by atoms with Crippen molar-refractivity contribution in [1.29, 1.82) is 0 Å². The van der Waals surface area contributed by atoms with Crippen LogP contribution in [0.15, 0.2) is 28.9 Å². The number of benzene rings is 1. The molecule has 3 nitrogen and oxygen atoms in total. The first-order chi connectivity index (χ1) is 11.8. The third kappa shape index (κ3) is 3.41. The molecule has 0 saturated heterocycles. The largest absolute Gasteiger partial charge is 0.356 e. The van der Waals surface area contributed by atoms with Crippen molar-refractivity contribution in [2.24, 2.45) is 0 Å². The molecule has 0 saturated carbocycles. The van der Waals surface area contributed by atoms with Crippen LogP contribution in [0.2, 0.25) is 0 Å². The predicted octanol–water partition coefficient (Wildman–Crippen LogP) is 4.88. The predicted molar refractivity (Wildman–Crippen MR) is 99.3 cm³/mol. The Morgan fingerprint density at radius 1 is 1.17 bits per heavy atom. The van der Waals surface area contributed by atoms with Gasteiger partial charge in [-0.05, 0) is 62.7 Å². The minimum Gasteiger partial charge on any atom is -0.356 e. The van der Waals surface area contributed by atoms with Crippen LogP contribution in [0.1, 0.15) is 56.7 Å². The Balaban J connectivity index is 1.92. The molecule has 3 heteroatoms. The first kappa shape index (κ1) is 17.2. The molecule has 0 fully saturated rings. The van der Waals surface area contributed by atoms with Gasteiger partial charge in [-0.1, -0.05) is 44.1 Å². The van der Waals surface area contributed by atoms with Crippen LogP contribution in [-0.2, 0) is 19.3 Å². The highest BCUT2D eigenvalue weighted by Gasteiger charge is 2.26. The molecule has 0 radical (unpaired) electrons. The molecular formula is C21H30N2O. The summed E-state index contributed by atoms with van der Waals surface area (Å²) in [6, 6.07) is 7.34. The Hall–Kier alpha value is -1.61. The molecular weight excluding hydrogens is 296 g/mol. The molecule has 0 aliphatic heterocycles. The van der Waals surface area contributed by atoms with E-state index in [1.165, 1.54) is 61.0 Å². The summed E-state index contributed by atoms with van der Waals surface area (Å²) < 4.78 is 5.63. The lowest BCUT2D eigenvalue weighted by atomic mass is 9.83. The van der Waals surface area contributed by atoms with Crippen LogP contribution >= 0.6 is 0 Å². The zero-order valence-electron chi connectivity index (χ0n) is 15.3. The van der Waals surface area contributed by atoms with Gasteiger partial charge in [0.25, 0.3) is 0 Å². The van der Waals surface area contributed by atoms with Crippen molar-refractivity contribution in [3.8, 4) is 11.3 Å². The number of hydrogen-bond donors (Lipinski definition) is 0. The number of hydrogen-bond acceptors (Lipinski definition) is 3. The Morgan fingerprint density at radius 2 is 1.96 bits per heavy atom. The fourth-order valence-electron chi connectivity index (χ4n) is 4.08. The van der Waals surface area contributed by atoms with Gasteiger partial charge in [0.15, 0.2) is 5.76 Å². The second-order valence-electron chi connectivity index (χ2n) is 6.91. The van der Waals surface area contributed by atoms with E-state index in [1.807, 2.05) is 6.20 Å². The molecule has 1 unspecified atom stereocenters. The molecule has 1 aliphatic carbocycles. The average molecular weight is 326 g/mol. The van der Waals surface area contributed by atoms with Gasteiger partial charge in [0.1, 0.15) is 0 Å². The van der Waals surface area contributed by atoms with Crippen LogP contribution in [0.4, 0.5) is 0 Å². The third-order valence-electron chi connectivity index (χ3n) is 5.27. The van der Waals surface area contributed by atoms with Gasteiger partial charge in [0, 0.05) is 17.2 Å². The number of aromatic nitrogens is 1. The van der Waals surface area contributed by atoms with E-state index in [-0.39, 0.29) is 0 Å². The van der Waals surface area contributed by atoms with Gasteiger partial charge in [-0.25, -0.2) is 0 Å². The van der Waals surface area contributed by atoms with Crippen molar-refractivity contribution >= 4 is 0 Å². The maximum atomic E-state index is 5.63. The lowest BCUT2D eigenvalue weighted by Crippen LogP contribution is -2.40. The van der Waals surface area contributed by atoms with Crippen LogP contribution in [0.25, 0.3) is 11.3 Å². The highest BCUT2D eigenvalue weighted by molar-refractivity contribution is 5.67. The van der Waals surface area contributed by atoms with Gasteiger partial charge < -0.3 is 9.42 Å². The average Bonchev–Trinajstić information content (AvgIpc) is 3.09. The summed E-state index contributed by atoms with van der Waals surface area (Å²) in [5, 5.41) is 4.05. The Labute approximate surface area is 146 Å². The molecule has 1 aromatic heterocycles. The highest BCUT2D eigenvalue weighted by atomic mass is 16.5. The summed E-state index contributed by atoms with van der Waals surface area (Å²) >= 11 is 0. The van der Waals surface area contributed by atoms with Gasteiger partial charge in [0.05, 0.1) is 6.20 Å². The monoisotopic (exact) mass is 326 g/mol. The lowest BCUT2D eigenvalue weighted by Gasteiger charge is -2.35. The van der Waals surface area contributed by atoms with Crippen LogP contribution in [0.3, 0.4) is 0 Å². The van der Waals surface area contributed by atoms with E-state index in [4.69, 9.17) is 4.52 Å². The molecule has 0 N–H and O–H groups in total. The number of fused-ring (bicyclic) bond motifs is 1. The summed E-state index contributed by atoms with van der Waals surface area (Å²) in [6.07, 6.45) is 8.87. The molecule has 1 aliphatic rings. The van der Waals surface area contributed by atoms with Crippen molar-refractivity contribution in [3.05, 3.63) is 41.1 Å². The fraction of sp³-hybridized carbons (Fsp3) is 0.571. The second kappa shape index (κ2) is 7.98. The van der Waals surface area contributed by atoms with Crippen LogP contribution < -0.4 is 0 Å². The van der Waals surface area contributed by atoms with Gasteiger partial charge in [-0.2, -0.15) is 0 Å². The smallest absolute Gasteiger partial charge is 0.170 e. The normalized spacial score (nSPS) is 17.2. The maximum Gasteiger partial charge on any atom is 0.170 e. The van der Waals surface area contributed by atoms with E-state index >= 15 is 0 Å². The van der Waals surface area contributed by atoms with Gasteiger partial charge in [-0.3, -0.25) is 0 Å². The highest BCUT2D eigenvalue weighted by Crippen LogP contribution is 2.35. The molecule has 2 aromatic rings. The van der Waals surface area contributed by atoms with Crippen molar-refractivity contribution in [2.75, 3.05) is 13.1 Å². The summed E-state index contributed by atoms with van der Waals surface area (Å²) in [6.45, 7) is 9.15. The topological polar surface area (TPSA) is 29.3 Å². The Kier molecular flexibility index (Phi) is 5.72. The molecule has 3 rings (SSSR count). The second-order valence-corrected chi connectivity index (χ2v) is 6.91. The zero-order valence-corrected chi connectivity index (χ0v) is 15.3. The number of rotatable bonds is 7. The summed E-state index contributed by atoms with van der Waals surface area (Å²) in [5.74, 6) is 0.979. The van der Waals surface area contributed by atoms with Gasteiger partial charge in [-0.15, -0.1) is 0 Å². The van der Waals surface area contributed by atoms with Crippen molar-refractivity contribution < 1.29 is 4.52 Å². The Morgan fingerprint density at radius 3 is 2.67 bits per heavy atom. The minimum absolute atomic E-state index is 0.659. The van der Waals surface area contributed by atoms with E-state index < -0.39 is 0 Å². The SMILES string of the molecule is CCCN(CCC)C1CCc2cccc(-c3oncc3CC)c2C1. The molecule has 130 valence electrons. The van der Waals surface area contributed by atoms with Crippen LogP contribution in [0, 0.1) is 0 Å². The van der Waals surface area contributed by atoms with Crippen molar-refractivity contribution in [2.45, 2.75) is 65.3 Å². The van der Waals surface area contributed by atoms with Crippen LogP contribution in [0.5, 0.6) is 0 Å². The molecule has 1 atom stereocenters. The fourth-order valence-corrected chi connectivity index (χ4v) is 4.08. The quantitative estimate of drug-likeness (QED) is 0.726.